The number of carbonyl (C=O) groups is 2. The third kappa shape index (κ3) is 3.22. The number of carboxylic acids is 1. The van der Waals surface area contributed by atoms with Crippen molar-refractivity contribution in [1.29, 1.82) is 0 Å². The van der Waals surface area contributed by atoms with Crippen LogP contribution in [-0.4, -0.2) is 27.0 Å². The average molecular weight is 211 g/mol. The van der Waals surface area contributed by atoms with Crippen molar-refractivity contribution in [3.8, 4) is 0 Å². The van der Waals surface area contributed by atoms with E-state index in [-0.39, 0.29) is 17.4 Å². The number of hydrogen-bond acceptors (Lipinski definition) is 4. The first-order valence-electron chi connectivity index (χ1n) is 4.06. The van der Waals surface area contributed by atoms with Crippen molar-refractivity contribution in [2.75, 3.05) is 5.32 Å². The summed E-state index contributed by atoms with van der Waals surface area (Å²) >= 11 is 0. The Morgan fingerprint density at radius 1 is 1.60 bits per heavy atom. The number of aromatic nitrogens is 2. The molecule has 1 rings (SSSR count). The maximum absolute atomic E-state index is 11.2. The van der Waals surface area contributed by atoms with Crippen LogP contribution >= 0.6 is 0 Å². The number of hydrogen-bond donors (Lipinski definition) is 3. The SMILES string of the molecule is CC(=O)Nc1ncc(CC(=O)O)c(=O)[nH]1. The van der Waals surface area contributed by atoms with Gasteiger partial charge in [0.25, 0.3) is 5.56 Å². The highest BCUT2D eigenvalue weighted by Gasteiger charge is 2.07. The van der Waals surface area contributed by atoms with Crippen LogP contribution in [0.1, 0.15) is 12.5 Å². The van der Waals surface area contributed by atoms with Gasteiger partial charge in [-0.15, -0.1) is 0 Å². The largest absolute Gasteiger partial charge is 0.481 e. The Labute approximate surface area is 84.2 Å². The summed E-state index contributed by atoms with van der Waals surface area (Å²) in [6.07, 6.45) is 0.723. The number of anilines is 1. The first-order chi connectivity index (χ1) is 6.99. The summed E-state index contributed by atoms with van der Waals surface area (Å²) < 4.78 is 0. The zero-order chi connectivity index (χ0) is 11.4. The molecule has 0 aromatic carbocycles. The van der Waals surface area contributed by atoms with E-state index in [0.29, 0.717) is 0 Å². The molecule has 0 aliphatic carbocycles. The molecule has 1 heterocycles. The van der Waals surface area contributed by atoms with Gasteiger partial charge in [0.2, 0.25) is 11.9 Å². The Morgan fingerprint density at radius 3 is 2.73 bits per heavy atom. The number of rotatable bonds is 3. The Hall–Kier alpha value is -2.18. The fraction of sp³-hybridized carbons (Fsp3) is 0.250. The molecule has 1 aromatic rings. The second-order valence-corrected chi connectivity index (χ2v) is 2.84. The van der Waals surface area contributed by atoms with Crippen LogP contribution in [0.4, 0.5) is 5.95 Å². The summed E-state index contributed by atoms with van der Waals surface area (Å²) in [5.74, 6) is -1.49. The van der Waals surface area contributed by atoms with Gasteiger partial charge in [0.1, 0.15) is 0 Å². The number of aliphatic carboxylic acids is 1. The minimum Gasteiger partial charge on any atom is -0.481 e. The molecule has 15 heavy (non-hydrogen) atoms. The lowest BCUT2D eigenvalue weighted by Crippen LogP contribution is -2.20. The van der Waals surface area contributed by atoms with Crippen molar-refractivity contribution < 1.29 is 14.7 Å². The van der Waals surface area contributed by atoms with Crippen molar-refractivity contribution >= 4 is 17.8 Å². The predicted octanol–water partition coefficient (Wildman–Crippen LogP) is -0.645. The number of H-pyrrole nitrogens is 1. The van der Waals surface area contributed by atoms with E-state index in [1.54, 1.807) is 0 Å². The molecular formula is C8H9N3O4. The summed E-state index contributed by atoms with van der Waals surface area (Å²) in [6, 6.07) is 0. The topological polar surface area (TPSA) is 112 Å². The molecule has 0 saturated heterocycles. The maximum Gasteiger partial charge on any atom is 0.308 e. The quantitative estimate of drug-likeness (QED) is 0.615. The molecule has 0 atom stereocenters. The van der Waals surface area contributed by atoms with E-state index in [4.69, 9.17) is 5.11 Å². The zero-order valence-electron chi connectivity index (χ0n) is 7.90. The van der Waals surface area contributed by atoms with Crippen LogP contribution in [0.5, 0.6) is 0 Å². The highest BCUT2D eigenvalue weighted by atomic mass is 16.4. The average Bonchev–Trinajstić information content (AvgIpc) is 2.08. The molecule has 0 radical (unpaired) electrons. The number of amides is 1. The minimum absolute atomic E-state index is 0.00152. The second kappa shape index (κ2) is 4.36. The van der Waals surface area contributed by atoms with Crippen LogP contribution in [0.25, 0.3) is 0 Å². The second-order valence-electron chi connectivity index (χ2n) is 2.84. The van der Waals surface area contributed by atoms with E-state index in [9.17, 15) is 14.4 Å². The molecule has 1 amide bonds. The third-order valence-electron chi connectivity index (χ3n) is 1.51. The molecule has 1 aromatic heterocycles. The van der Waals surface area contributed by atoms with Gasteiger partial charge >= 0.3 is 5.97 Å². The Bertz CT molecular complexity index is 451. The summed E-state index contributed by atoms with van der Waals surface area (Å²) in [4.78, 5) is 38.1. The first kappa shape index (κ1) is 10.9. The number of nitrogens with zero attached hydrogens (tertiary/aromatic N) is 1. The molecule has 0 saturated carbocycles. The summed E-state index contributed by atoms with van der Waals surface area (Å²) in [5, 5.41) is 10.7. The molecule has 3 N–H and O–H groups in total. The minimum atomic E-state index is -1.12. The molecule has 0 unspecified atom stereocenters. The monoisotopic (exact) mass is 211 g/mol. The van der Waals surface area contributed by atoms with Crippen LogP contribution in [0.15, 0.2) is 11.0 Å². The van der Waals surface area contributed by atoms with Gasteiger partial charge in [-0.05, 0) is 0 Å². The van der Waals surface area contributed by atoms with Gasteiger partial charge in [0, 0.05) is 18.7 Å². The lowest BCUT2D eigenvalue weighted by atomic mass is 10.2. The smallest absolute Gasteiger partial charge is 0.308 e. The zero-order valence-corrected chi connectivity index (χ0v) is 7.90. The van der Waals surface area contributed by atoms with E-state index < -0.39 is 17.9 Å². The normalized spacial score (nSPS) is 9.67. The molecule has 0 aliphatic heterocycles. The van der Waals surface area contributed by atoms with Crippen LogP contribution in [0.3, 0.4) is 0 Å². The Balaban J connectivity index is 2.93. The molecular weight excluding hydrogens is 202 g/mol. The summed E-state index contributed by atoms with van der Waals surface area (Å²) in [5.41, 5.74) is -0.534. The van der Waals surface area contributed by atoms with Gasteiger partial charge in [0.05, 0.1) is 6.42 Å². The lowest BCUT2D eigenvalue weighted by Gasteiger charge is -2.01. The highest BCUT2D eigenvalue weighted by Crippen LogP contribution is 1.95. The lowest BCUT2D eigenvalue weighted by molar-refractivity contribution is -0.136. The molecule has 7 heteroatoms. The van der Waals surface area contributed by atoms with Crippen LogP contribution in [0, 0.1) is 0 Å². The third-order valence-corrected chi connectivity index (χ3v) is 1.51. The predicted molar refractivity (Wildman–Crippen MR) is 50.5 cm³/mol. The van der Waals surface area contributed by atoms with E-state index in [2.05, 4.69) is 15.3 Å². The van der Waals surface area contributed by atoms with Crippen LogP contribution in [-0.2, 0) is 16.0 Å². The van der Waals surface area contributed by atoms with Crippen molar-refractivity contribution in [3.63, 3.8) is 0 Å². The molecule has 0 aliphatic rings. The van der Waals surface area contributed by atoms with Crippen molar-refractivity contribution in [2.45, 2.75) is 13.3 Å². The molecule has 0 fully saturated rings. The summed E-state index contributed by atoms with van der Waals surface area (Å²) in [6.45, 7) is 1.27. The Morgan fingerprint density at radius 2 is 2.27 bits per heavy atom. The van der Waals surface area contributed by atoms with E-state index >= 15 is 0 Å². The van der Waals surface area contributed by atoms with Gasteiger partial charge < -0.3 is 5.11 Å². The van der Waals surface area contributed by atoms with Crippen molar-refractivity contribution in [2.24, 2.45) is 0 Å². The number of aromatic amines is 1. The fourth-order valence-corrected chi connectivity index (χ4v) is 0.940. The van der Waals surface area contributed by atoms with Gasteiger partial charge in [0.15, 0.2) is 0 Å². The molecule has 0 spiro atoms. The van der Waals surface area contributed by atoms with Crippen LogP contribution < -0.4 is 10.9 Å². The molecule has 0 bridgehead atoms. The van der Waals surface area contributed by atoms with Crippen molar-refractivity contribution in [1.82, 2.24) is 9.97 Å². The van der Waals surface area contributed by atoms with Crippen LogP contribution in [0.2, 0.25) is 0 Å². The van der Waals surface area contributed by atoms with Gasteiger partial charge in [-0.2, -0.15) is 0 Å². The first-order valence-corrected chi connectivity index (χ1v) is 4.06. The van der Waals surface area contributed by atoms with Crippen molar-refractivity contribution in [3.05, 3.63) is 22.1 Å². The molecule has 80 valence electrons. The number of carbonyl (C=O) groups excluding carboxylic acids is 1. The van der Waals surface area contributed by atoms with E-state index in [0.717, 1.165) is 6.20 Å². The van der Waals surface area contributed by atoms with Gasteiger partial charge in [-0.3, -0.25) is 24.7 Å². The Kier molecular flexibility index (Phi) is 3.17. The van der Waals surface area contributed by atoms with E-state index in [1.165, 1.54) is 6.92 Å². The van der Waals surface area contributed by atoms with Gasteiger partial charge in [-0.1, -0.05) is 0 Å². The fourth-order valence-electron chi connectivity index (χ4n) is 0.940. The number of carboxylic acid groups (broad SMARTS) is 1. The summed E-state index contributed by atoms with van der Waals surface area (Å²) in [7, 11) is 0. The molecule has 7 nitrogen and oxygen atoms in total. The standard InChI is InChI=1S/C8H9N3O4/c1-4(12)10-8-9-3-5(2-6(13)14)7(15)11-8/h3H,2H2,1H3,(H,13,14)(H2,9,10,11,12,15). The van der Waals surface area contributed by atoms with E-state index in [1.807, 2.05) is 0 Å². The maximum atomic E-state index is 11.2. The van der Waals surface area contributed by atoms with Gasteiger partial charge in [-0.25, -0.2) is 4.98 Å². The number of nitrogens with one attached hydrogen (secondary N) is 2. The highest BCUT2D eigenvalue weighted by molar-refractivity contribution is 5.86.